The van der Waals surface area contributed by atoms with Crippen LogP contribution in [-0.2, 0) is 10.0 Å². The lowest BCUT2D eigenvalue weighted by molar-refractivity contribution is -0.385. The van der Waals surface area contributed by atoms with E-state index >= 15 is 0 Å². The molecule has 124 valence electrons. The van der Waals surface area contributed by atoms with E-state index in [-0.39, 0.29) is 28.9 Å². The minimum Gasteiger partial charge on any atom is -0.316 e. The van der Waals surface area contributed by atoms with Gasteiger partial charge in [-0.15, -0.1) is 12.4 Å². The number of halogens is 1. The lowest BCUT2D eigenvalue weighted by Gasteiger charge is -2.22. The highest BCUT2D eigenvalue weighted by atomic mass is 35.5. The highest BCUT2D eigenvalue weighted by molar-refractivity contribution is 7.89. The number of rotatable bonds is 5. The van der Waals surface area contributed by atoms with Gasteiger partial charge in [-0.05, 0) is 44.8 Å². The Balaban J connectivity index is 0.00000242. The van der Waals surface area contributed by atoms with Crippen LogP contribution in [0.25, 0.3) is 0 Å². The third kappa shape index (κ3) is 4.64. The predicted octanol–water partition coefficient (Wildman–Crippen LogP) is 1.60. The van der Waals surface area contributed by atoms with Gasteiger partial charge >= 0.3 is 0 Å². The van der Waals surface area contributed by atoms with Crippen molar-refractivity contribution >= 4 is 28.1 Å². The number of nitro benzene ring substituents is 1. The normalized spacial score (nSPS) is 18.5. The number of nitro groups is 1. The van der Waals surface area contributed by atoms with Gasteiger partial charge in [-0.2, -0.15) is 0 Å². The third-order valence-electron chi connectivity index (χ3n) is 3.65. The van der Waals surface area contributed by atoms with Crippen LogP contribution in [0.5, 0.6) is 0 Å². The summed E-state index contributed by atoms with van der Waals surface area (Å²) in [6.07, 6.45) is 2.01. The van der Waals surface area contributed by atoms with E-state index in [0.717, 1.165) is 32.0 Å². The van der Waals surface area contributed by atoms with E-state index in [1.54, 1.807) is 6.92 Å². The molecule has 1 aromatic carbocycles. The van der Waals surface area contributed by atoms with Gasteiger partial charge in [0.05, 0.1) is 9.82 Å². The van der Waals surface area contributed by atoms with Crippen molar-refractivity contribution < 1.29 is 13.3 Å². The van der Waals surface area contributed by atoms with Crippen molar-refractivity contribution in [3.63, 3.8) is 0 Å². The fourth-order valence-corrected chi connectivity index (χ4v) is 3.50. The number of piperidine rings is 1. The Morgan fingerprint density at radius 1 is 1.45 bits per heavy atom. The SMILES string of the molecule is Cc1ccc(S(=O)(=O)NCC2CCCNC2)cc1[N+](=O)[O-].Cl. The molecule has 2 rings (SSSR count). The lowest BCUT2D eigenvalue weighted by Crippen LogP contribution is -2.38. The predicted molar refractivity (Wildman–Crippen MR) is 85.9 cm³/mol. The molecule has 1 aliphatic heterocycles. The molecule has 0 radical (unpaired) electrons. The summed E-state index contributed by atoms with van der Waals surface area (Å²) in [5.74, 6) is 0.258. The van der Waals surface area contributed by atoms with Gasteiger partial charge in [-0.25, -0.2) is 13.1 Å². The number of nitrogens with zero attached hydrogens (tertiary/aromatic N) is 1. The van der Waals surface area contributed by atoms with Crippen molar-refractivity contribution in [1.29, 1.82) is 0 Å². The van der Waals surface area contributed by atoms with Crippen LogP contribution in [0.4, 0.5) is 5.69 Å². The van der Waals surface area contributed by atoms with Crippen molar-refractivity contribution in [1.82, 2.24) is 10.0 Å². The highest BCUT2D eigenvalue weighted by Crippen LogP contribution is 2.22. The fraction of sp³-hybridized carbons (Fsp3) is 0.538. The molecule has 2 N–H and O–H groups in total. The Morgan fingerprint density at radius 2 is 2.18 bits per heavy atom. The first-order valence-electron chi connectivity index (χ1n) is 6.85. The van der Waals surface area contributed by atoms with Gasteiger partial charge in [-0.1, -0.05) is 6.07 Å². The molecule has 0 saturated carbocycles. The maximum Gasteiger partial charge on any atom is 0.273 e. The molecule has 7 nitrogen and oxygen atoms in total. The molecule has 1 unspecified atom stereocenters. The van der Waals surface area contributed by atoms with Gasteiger partial charge < -0.3 is 5.32 Å². The Labute approximate surface area is 136 Å². The molecule has 9 heteroatoms. The van der Waals surface area contributed by atoms with Crippen LogP contribution in [0.1, 0.15) is 18.4 Å². The Kier molecular flexibility index (Phi) is 6.73. The summed E-state index contributed by atoms with van der Waals surface area (Å²) in [4.78, 5) is 10.3. The number of hydrogen-bond acceptors (Lipinski definition) is 5. The van der Waals surface area contributed by atoms with Crippen molar-refractivity contribution in [3.05, 3.63) is 33.9 Å². The summed E-state index contributed by atoms with van der Waals surface area (Å²) >= 11 is 0. The molecular weight excluding hydrogens is 330 g/mol. The van der Waals surface area contributed by atoms with Crippen LogP contribution >= 0.6 is 12.4 Å². The van der Waals surface area contributed by atoms with E-state index in [2.05, 4.69) is 10.0 Å². The summed E-state index contributed by atoms with van der Waals surface area (Å²) < 4.78 is 27.0. The molecule has 1 aliphatic rings. The second-order valence-corrected chi connectivity index (χ2v) is 7.04. The summed E-state index contributed by atoms with van der Waals surface area (Å²) in [5, 5.41) is 14.1. The first-order valence-corrected chi connectivity index (χ1v) is 8.34. The van der Waals surface area contributed by atoms with E-state index in [1.807, 2.05) is 0 Å². The van der Waals surface area contributed by atoms with E-state index in [0.29, 0.717) is 12.1 Å². The Bertz CT molecular complexity index is 630. The minimum atomic E-state index is -3.71. The molecule has 0 aromatic heterocycles. The molecule has 1 atom stereocenters. The second-order valence-electron chi connectivity index (χ2n) is 5.27. The topological polar surface area (TPSA) is 101 Å². The van der Waals surface area contributed by atoms with Crippen LogP contribution in [0.3, 0.4) is 0 Å². The van der Waals surface area contributed by atoms with Gasteiger partial charge in [0.25, 0.3) is 5.69 Å². The van der Waals surface area contributed by atoms with Crippen LogP contribution in [0.15, 0.2) is 23.1 Å². The van der Waals surface area contributed by atoms with Gasteiger partial charge in [0.1, 0.15) is 0 Å². The van der Waals surface area contributed by atoms with Gasteiger partial charge in [0, 0.05) is 18.2 Å². The first kappa shape index (κ1) is 18.8. The number of aryl methyl sites for hydroxylation is 1. The van der Waals surface area contributed by atoms with Gasteiger partial charge in [0.2, 0.25) is 10.0 Å². The molecular formula is C13H20ClN3O4S. The fourth-order valence-electron chi connectivity index (χ4n) is 2.36. The molecule has 1 fully saturated rings. The van der Waals surface area contributed by atoms with Crippen LogP contribution in [-0.4, -0.2) is 33.0 Å². The van der Waals surface area contributed by atoms with Crippen LogP contribution in [0, 0.1) is 23.0 Å². The minimum absolute atomic E-state index is 0. The van der Waals surface area contributed by atoms with E-state index < -0.39 is 14.9 Å². The zero-order valence-electron chi connectivity index (χ0n) is 12.2. The zero-order valence-corrected chi connectivity index (χ0v) is 13.9. The monoisotopic (exact) mass is 349 g/mol. The third-order valence-corrected chi connectivity index (χ3v) is 5.07. The van der Waals surface area contributed by atoms with Crippen LogP contribution < -0.4 is 10.0 Å². The van der Waals surface area contributed by atoms with Crippen molar-refractivity contribution in [3.8, 4) is 0 Å². The molecule has 0 amide bonds. The Morgan fingerprint density at radius 3 is 2.77 bits per heavy atom. The number of benzene rings is 1. The second kappa shape index (κ2) is 7.87. The average molecular weight is 350 g/mol. The highest BCUT2D eigenvalue weighted by Gasteiger charge is 2.21. The molecule has 1 saturated heterocycles. The first-order chi connectivity index (χ1) is 9.90. The molecule has 22 heavy (non-hydrogen) atoms. The number of sulfonamides is 1. The largest absolute Gasteiger partial charge is 0.316 e. The number of nitrogens with one attached hydrogen (secondary N) is 2. The average Bonchev–Trinajstić information content (AvgIpc) is 2.46. The van der Waals surface area contributed by atoms with E-state index in [1.165, 1.54) is 12.1 Å². The maximum atomic E-state index is 12.2. The summed E-state index contributed by atoms with van der Waals surface area (Å²) in [5.41, 5.74) is 0.257. The summed E-state index contributed by atoms with van der Waals surface area (Å²) in [6.45, 7) is 3.68. The Hall–Kier alpha value is -1.22. The summed E-state index contributed by atoms with van der Waals surface area (Å²) in [7, 11) is -3.71. The molecule has 1 aromatic rings. The van der Waals surface area contributed by atoms with Crippen LogP contribution in [0.2, 0.25) is 0 Å². The van der Waals surface area contributed by atoms with Gasteiger partial charge in [-0.3, -0.25) is 10.1 Å². The zero-order chi connectivity index (χ0) is 15.5. The maximum absolute atomic E-state index is 12.2. The standard InChI is InChI=1S/C13H19N3O4S.ClH/c1-10-4-5-12(7-13(10)16(17)18)21(19,20)15-9-11-3-2-6-14-8-11;/h4-5,7,11,14-15H,2-3,6,8-9H2,1H3;1H. The molecule has 0 aliphatic carbocycles. The lowest BCUT2D eigenvalue weighted by atomic mass is 10.0. The smallest absolute Gasteiger partial charge is 0.273 e. The number of hydrogen-bond donors (Lipinski definition) is 2. The molecule has 1 heterocycles. The van der Waals surface area contributed by atoms with Crippen molar-refractivity contribution in [2.45, 2.75) is 24.7 Å². The summed E-state index contributed by atoms with van der Waals surface area (Å²) in [6, 6.07) is 3.95. The van der Waals surface area contributed by atoms with E-state index in [4.69, 9.17) is 0 Å². The molecule has 0 spiro atoms. The quantitative estimate of drug-likeness (QED) is 0.621. The van der Waals surface area contributed by atoms with E-state index in [9.17, 15) is 18.5 Å². The van der Waals surface area contributed by atoms with Crippen molar-refractivity contribution in [2.75, 3.05) is 19.6 Å². The van der Waals surface area contributed by atoms with Gasteiger partial charge in [0.15, 0.2) is 0 Å². The molecule has 0 bridgehead atoms. The van der Waals surface area contributed by atoms with Crippen molar-refractivity contribution in [2.24, 2.45) is 5.92 Å².